The van der Waals surface area contributed by atoms with Crippen molar-refractivity contribution >= 4 is 24.7 Å². The molecule has 1 fully saturated rings. The van der Waals surface area contributed by atoms with Gasteiger partial charge in [0.2, 0.25) is 5.95 Å². The lowest BCUT2D eigenvalue weighted by Crippen LogP contribution is -2.30. The zero-order valence-electron chi connectivity index (χ0n) is 11.5. The van der Waals surface area contributed by atoms with Crippen molar-refractivity contribution in [3.63, 3.8) is 0 Å². The maximum Gasteiger partial charge on any atom is 0.328 e. The van der Waals surface area contributed by atoms with Gasteiger partial charge in [-0.15, -0.1) is 0 Å². The number of anilines is 1. The number of nitrogens with zero attached hydrogens (tertiary/aromatic N) is 3. The van der Waals surface area contributed by atoms with E-state index >= 15 is 0 Å². The predicted octanol–water partition coefficient (Wildman–Crippen LogP) is -0.664. The Hall–Kier alpha value is -1.74. The highest BCUT2D eigenvalue weighted by molar-refractivity contribution is 7.51. The van der Waals surface area contributed by atoms with Gasteiger partial charge in [0.25, 0.3) is 5.56 Å². The summed E-state index contributed by atoms with van der Waals surface area (Å²) in [6.45, 7) is 0. The quantitative estimate of drug-likeness (QED) is 0.462. The van der Waals surface area contributed by atoms with Crippen LogP contribution in [0.2, 0.25) is 0 Å². The normalized spacial score (nSPS) is 25.9. The second-order valence-corrected chi connectivity index (χ2v) is 7.36. The van der Waals surface area contributed by atoms with Crippen LogP contribution in [0.15, 0.2) is 11.1 Å². The molecule has 120 valence electrons. The van der Waals surface area contributed by atoms with Crippen LogP contribution in [0, 0.1) is 0 Å². The summed E-state index contributed by atoms with van der Waals surface area (Å²) in [7, 11) is -4.31. The number of nitrogen functional groups attached to an aromatic ring is 1. The molecule has 1 saturated carbocycles. The summed E-state index contributed by atoms with van der Waals surface area (Å²) in [6, 6.07) is -0.254. The van der Waals surface area contributed by atoms with E-state index in [-0.39, 0.29) is 30.3 Å². The molecule has 3 rings (SSSR count). The SMILES string of the molecule is Nc1nc2c(ncn2[C@@H]2CC[C@](O)(CP(=O)(O)O)C2)c(=O)[nH]1. The molecule has 0 aromatic carbocycles. The number of nitrogens with one attached hydrogen (secondary N) is 1. The van der Waals surface area contributed by atoms with E-state index < -0.39 is 24.9 Å². The zero-order chi connectivity index (χ0) is 16.1. The second kappa shape index (κ2) is 4.88. The molecule has 1 aliphatic rings. The molecule has 0 radical (unpaired) electrons. The second-order valence-electron chi connectivity index (χ2n) is 5.72. The van der Waals surface area contributed by atoms with Crippen LogP contribution in [0.4, 0.5) is 5.95 Å². The number of aromatic amines is 1. The molecule has 2 aromatic heterocycles. The Morgan fingerprint density at radius 2 is 2.27 bits per heavy atom. The fourth-order valence-electron chi connectivity index (χ4n) is 3.05. The smallest absolute Gasteiger partial charge is 0.328 e. The van der Waals surface area contributed by atoms with Gasteiger partial charge in [-0.3, -0.25) is 14.3 Å². The van der Waals surface area contributed by atoms with Gasteiger partial charge in [0, 0.05) is 6.04 Å². The molecule has 2 aromatic rings. The molecule has 22 heavy (non-hydrogen) atoms. The molecule has 0 spiro atoms. The van der Waals surface area contributed by atoms with Crippen LogP contribution in [0.25, 0.3) is 11.2 Å². The van der Waals surface area contributed by atoms with Crippen molar-refractivity contribution in [1.29, 1.82) is 0 Å². The van der Waals surface area contributed by atoms with Crippen molar-refractivity contribution in [2.75, 3.05) is 11.9 Å². The first-order valence-electron chi connectivity index (χ1n) is 6.66. The number of H-pyrrole nitrogens is 1. The van der Waals surface area contributed by atoms with Gasteiger partial charge in [-0.25, -0.2) is 4.98 Å². The Morgan fingerprint density at radius 3 is 2.95 bits per heavy atom. The Bertz CT molecular complexity index is 826. The first-order valence-corrected chi connectivity index (χ1v) is 8.46. The molecule has 1 aliphatic carbocycles. The molecule has 0 saturated heterocycles. The summed E-state index contributed by atoms with van der Waals surface area (Å²) >= 11 is 0. The van der Waals surface area contributed by atoms with E-state index in [1.165, 1.54) is 6.33 Å². The molecule has 0 bridgehead atoms. The molecule has 0 aliphatic heterocycles. The van der Waals surface area contributed by atoms with Crippen molar-refractivity contribution in [2.45, 2.75) is 30.9 Å². The summed E-state index contributed by atoms with van der Waals surface area (Å²) in [5.74, 6) is -0.0391. The number of aromatic nitrogens is 4. The van der Waals surface area contributed by atoms with E-state index in [1.54, 1.807) is 4.57 Å². The number of nitrogens with two attached hydrogens (primary N) is 1. The first-order chi connectivity index (χ1) is 10.2. The summed E-state index contributed by atoms with van der Waals surface area (Å²) in [4.78, 5) is 40.3. The van der Waals surface area contributed by atoms with Crippen molar-refractivity contribution in [2.24, 2.45) is 0 Å². The average molecular weight is 329 g/mol. The lowest BCUT2D eigenvalue weighted by Gasteiger charge is -2.23. The van der Waals surface area contributed by atoms with Crippen LogP contribution in [0.3, 0.4) is 0 Å². The number of fused-ring (bicyclic) bond motifs is 1. The van der Waals surface area contributed by atoms with Crippen molar-refractivity contribution in [3.8, 4) is 0 Å². The van der Waals surface area contributed by atoms with Gasteiger partial charge in [-0.1, -0.05) is 0 Å². The Labute approximate surface area is 124 Å². The third-order valence-electron chi connectivity index (χ3n) is 3.90. The van der Waals surface area contributed by atoms with E-state index in [4.69, 9.17) is 15.5 Å². The van der Waals surface area contributed by atoms with Gasteiger partial charge >= 0.3 is 7.60 Å². The van der Waals surface area contributed by atoms with E-state index in [1.807, 2.05) is 0 Å². The largest absolute Gasteiger partial charge is 0.389 e. The minimum Gasteiger partial charge on any atom is -0.389 e. The summed E-state index contributed by atoms with van der Waals surface area (Å²) in [5, 5.41) is 10.3. The molecular weight excluding hydrogens is 313 g/mol. The van der Waals surface area contributed by atoms with Gasteiger partial charge in [-0.2, -0.15) is 4.98 Å². The van der Waals surface area contributed by atoms with Gasteiger partial charge in [0.05, 0.1) is 18.1 Å². The third-order valence-corrected chi connectivity index (χ3v) is 4.90. The molecule has 0 amide bonds. The van der Waals surface area contributed by atoms with Crippen LogP contribution < -0.4 is 11.3 Å². The average Bonchev–Trinajstić information content (AvgIpc) is 2.90. The first kappa shape index (κ1) is 15.2. The fourth-order valence-corrected chi connectivity index (χ4v) is 4.11. The fraction of sp³-hybridized carbons (Fsp3) is 0.545. The standard InChI is InChI=1S/C11H16N5O5P/c12-10-14-8-7(9(17)15-10)13-5-16(8)6-1-2-11(18,3-6)4-22(19,20)21/h5-6,18H,1-4H2,(H2,19,20,21)(H3,12,14,15,17)/t6-,11-/m1/s1. The number of hydrogen-bond acceptors (Lipinski definition) is 6. The summed E-state index contributed by atoms with van der Waals surface area (Å²) in [6.07, 6.45) is 1.74. The van der Waals surface area contributed by atoms with Crippen LogP contribution in [0.1, 0.15) is 25.3 Å². The monoisotopic (exact) mass is 329 g/mol. The van der Waals surface area contributed by atoms with E-state index in [0.29, 0.717) is 12.1 Å². The number of imidazole rings is 1. The highest BCUT2D eigenvalue weighted by Crippen LogP contribution is 2.47. The molecule has 2 atom stereocenters. The number of hydrogen-bond donors (Lipinski definition) is 5. The van der Waals surface area contributed by atoms with Crippen molar-refractivity contribution < 1.29 is 19.5 Å². The Morgan fingerprint density at radius 1 is 1.55 bits per heavy atom. The Balaban J connectivity index is 1.94. The minimum atomic E-state index is -4.31. The maximum atomic E-state index is 11.7. The van der Waals surface area contributed by atoms with Crippen LogP contribution in [-0.4, -0.2) is 46.2 Å². The minimum absolute atomic E-state index is 0.0391. The number of rotatable bonds is 3. The predicted molar refractivity (Wildman–Crippen MR) is 77.3 cm³/mol. The highest BCUT2D eigenvalue weighted by Gasteiger charge is 2.43. The van der Waals surface area contributed by atoms with Gasteiger partial charge < -0.3 is 25.2 Å². The van der Waals surface area contributed by atoms with Crippen LogP contribution in [0.5, 0.6) is 0 Å². The van der Waals surface area contributed by atoms with Crippen molar-refractivity contribution in [3.05, 3.63) is 16.7 Å². The van der Waals surface area contributed by atoms with Gasteiger partial charge in [0.15, 0.2) is 11.2 Å². The van der Waals surface area contributed by atoms with Crippen molar-refractivity contribution in [1.82, 2.24) is 19.5 Å². The highest BCUT2D eigenvalue weighted by atomic mass is 31.2. The van der Waals surface area contributed by atoms with Gasteiger partial charge in [0.1, 0.15) is 0 Å². The lowest BCUT2D eigenvalue weighted by molar-refractivity contribution is 0.0625. The topological polar surface area (TPSA) is 167 Å². The molecule has 11 heteroatoms. The number of aliphatic hydroxyl groups is 1. The zero-order valence-corrected chi connectivity index (χ0v) is 12.4. The summed E-state index contributed by atoms with van der Waals surface area (Å²) < 4.78 is 12.8. The third kappa shape index (κ3) is 2.78. The van der Waals surface area contributed by atoms with E-state index in [0.717, 1.165) is 0 Å². The van der Waals surface area contributed by atoms with E-state index in [9.17, 15) is 14.5 Å². The molecular formula is C11H16N5O5P. The molecule has 10 nitrogen and oxygen atoms in total. The van der Waals surface area contributed by atoms with Crippen LogP contribution in [-0.2, 0) is 4.57 Å². The summed E-state index contributed by atoms with van der Waals surface area (Å²) in [5.41, 5.74) is 4.07. The molecule has 6 N–H and O–H groups in total. The lowest BCUT2D eigenvalue weighted by atomic mass is 10.1. The van der Waals surface area contributed by atoms with E-state index in [2.05, 4.69) is 15.0 Å². The van der Waals surface area contributed by atoms with Crippen LogP contribution >= 0.6 is 7.60 Å². The molecule has 2 heterocycles. The Kier molecular flexibility index (Phi) is 3.37. The maximum absolute atomic E-state index is 11.7. The van der Waals surface area contributed by atoms with Gasteiger partial charge in [-0.05, 0) is 19.3 Å². The molecule has 0 unspecified atom stereocenters.